The van der Waals surface area contributed by atoms with Gasteiger partial charge in [0.1, 0.15) is 4.88 Å². The third-order valence-electron chi connectivity index (χ3n) is 3.22. The van der Waals surface area contributed by atoms with Gasteiger partial charge in [0.25, 0.3) is 5.91 Å². The highest BCUT2D eigenvalue weighted by atomic mass is 79.9. The van der Waals surface area contributed by atoms with Gasteiger partial charge in [-0.1, -0.05) is 29.3 Å². The van der Waals surface area contributed by atoms with Crippen molar-refractivity contribution in [3.05, 3.63) is 27.5 Å². The summed E-state index contributed by atoms with van der Waals surface area (Å²) in [5.74, 6) is -0.0849. The van der Waals surface area contributed by atoms with Crippen LogP contribution in [0.2, 0.25) is 0 Å². The second-order valence-electron chi connectivity index (χ2n) is 5.57. The molecule has 0 aliphatic rings. The average Bonchev–Trinajstić information content (AvgIpc) is 2.66. The lowest BCUT2D eigenvalue weighted by Gasteiger charge is -2.25. The molecule has 0 fully saturated rings. The van der Waals surface area contributed by atoms with E-state index in [9.17, 15) is 4.79 Å². The molecule has 2 aromatic rings. The van der Waals surface area contributed by atoms with E-state index in [2.05, 4.69) is 28.2 Å². The minimum Gasteiger partial charge on any atom is -0.397 e. The number of fused-ring (bicyclic) bond motifs is 1. The number of halogens is 1. The molecule has 5 heteroatoms. The zero-order valence-electron chi connectivity index (χ0n) is 11.9. The predicted molar refractivity (Wildman–Crippen MR) is 90.4 cm³/mol. The van der Waals surface area contributed by atoms with E-state index in [-0.39, 0.29) is 11.4 Å². The SMILES string of the molecule is CCCC(C)(C)NC(=O)c1sc2ccc(Br)cc2c1N. The molecule has 1 heterocycles. The van der Waals surface area contributed by atoms with Gasteiger partial charge >= 0.3 is 0 Å². The van der Waals surface area contributed by atoms with Gasteiger partial charge in [0, 0.05) is 20.1 Å². The molecule has 20 heavy (non-hydrogen) atoms. The Morgan fingerprint density at radius 1 is 1.45 bits per heavy atom. The van der Waals surface area contributed by atoms with Crippen LogP contribution in [0.4, 0.5) is 5.69 Å². The lowest BCUT2D eigenvalue weighted by Crippen LogP contribution is -2.43. The van der Waals surface area contributed by atoms with Crippen molar-refractivity contribution in [1.29, 1.82) is 0 Å². The van der Waals surface area contributed by atoms with Crippen molar-refractivity contribution in [3.63, 3.8) is 0 Å². The zero-order chi connectivity index (χ0) is 14.9. The van der Waals surface area contributed by atoms with E-state index >= 15 is 0 Å². The Bertz CT molecular complexity index is 649. The molecule has 1 amide bonds. The molecule has 3 N–H and O–H groups in total. The summed E-state index contributed by atoms with van der Waals surface area (Å²) in [6.45, 7) is 6.18. The van der Waals surface area contributed by atoms with E-state index < -0.39 is 0 Å². The molecule has 108 valence electrons. The van der Waals surface area contributed by atoms with Gasteiger partial charge in [0.05, 0.1) is 5.69 Å². The molecule has 0 unspecified atom stereocenters. The standard InChI is InChI=1S/C15H19BrN2OS/c1-4-7-15(2,3)18-14(19)13-12(17)10-8-9(16)5-6-11(10)20-13/h5-6,8H,4,7,17H2,1-3H3,(H,18,19). The van der Waals surface area contributed by atoms with Crippen molar-refractivity contribution < 1.29 is 4.79 Å². The average molecular weight is 355 g/mol. The van der Waals surface area contributed by atoms with E-state index in [1.54, 1.807) is 0 Å². The van der Waals surface area contributed by atoms with Crippen LogP contribution in [0.5, 0.6) is 0 Å². The van der Waals surface area contributed by atoms with E-state index in [1.807, 2.05) is 32.0 Å². The Kier molecular flexibility index (Phi) is 4.39. The molecule has 0 atom stereocenters. The van der Waals surface area contributed by atoms with E-state index in [4.69, 9.17) is 5.73 Å². The van der Waals surface area contributed by atoms with E-state index in [0.29, 0.717) is 10.6 Å². The van der Waals surface area contributed by atoms with Crippen molar-refractivity contribution >= 4 is 48.9 Å². The lowest BCUT2D eigenvalue weighted by atomic mass is 9.99. The molecule has 3 nitrogen and oxygen atoms in total. The Morgan fingerprint density at radius 3 is 2.80 bits per heavy atom. The quantitative estimate of drug-likeness (QED) is 0.845. The molecule has 0 bridgehead atoms. The number of thiophene rings is 1. The molecule has 1 aromatic heterocycles. The smallest absolute Gasteiger partial charge is 0.263 e. The number of carbonyl (C=O) groups excluding carboxylic acids is 1. The fourth-order valence-electron chi connectivity index (χ4n) is 2.31. The van der Waals surface area contributed by atoms with E-state index in [0.717, 1.165) is 27.4 Å². The van der Waals surface area contributed by atoms with Crippen LogP contribution in [0, 0.1) is 0 Å². The zero-order valence-corrected chi connectivity index (χ0v) is 14.3. The van der Waals surface area contributed by atoms with Crippen molar-refractivity contribution in [1.82, 2.24) is 5.32 Å². The first-order valence-corrected chi connectivity index (χ1v) is 8.25. The van der Waals surface area contributed by atoms with Crippen LogP contribution in [0.1, 0.15) is 43.3 Å². The van der Waals surface area contributed by atoms with Crippen LogP contribution in [0.25, 0.3) is 10.1 Å². The molecule has 0 aliphatic heterocycles. The summed E-state index contributed by atoms with van der Waals surface area (Å²) in [4.78, 5) is 13.0. The van der Waals surface area contributed by atoms with Gasteiger partial charge in [-0.2, -0.15) is 0 Å². The van der Waals surface area contributed by atoms with Crippen molar-refractivity contribution in [3.8, 4) is 0 Å². The summed E-state index contributed by atoms with van der Waals surface area (Å²) in [5.41, 5.74) is 6.48. The van der Waals surface area contributed by atoms with Crippen LogP contribution in [0.3, 0.4) is 0 Å². The van der Waals surface area contributed by atoms with Gasteiger partial charge in [-0.15, -0.1) is 11.3 Å². The van der Waals surface area contributed by atoms with Crippen LogP contribution in [0.15, 0.2) is 22.7 Å². The summed E-state index contributed by atoms with van der Waals surface area (Å²) in [5, 5.41) is 4.00. The molecule has 0 saturated heterocycles. The Labute approximate surface area is 131 Å². The van der Waals surface area contributed by atoms with Gasteiger partial charge in [-0.25, -0.2) is 0 Å². The number of hydrogen-bond acceptors (Lipinski definition) is 3. The minimum atomic E-state index is -0.213. The molecule has 0 saturated carbocycles. The summed E-state index contributed by atoms with van der Waals surface area (Å²) < 4.78 is 2.00. The highest BCUT2D eigenvalue weighted by molar-refractivity contribution is 9.10. The fraction of sp³-hybridized carbons (Fsp3) is 0.400. The number of nitrogens with one attached hydrogen (secondary N) is 1. The van der Waals surface area contributed by atoms with Gasteiger partial charge in [0.2, 0.25) is 0 Å². The van der Waals surface area contributed by atoms with Gasteiger partial charge in [-0.05, 0) is 38.5 Å². The largest absolute Gasteiger partial charge is 0.397 e. The lowest BCUT2D eigenvalue weighted by molar-refractivity contribution is 0.0914. The normalized spacial score (nSPS) is 11.8. The van der Waals surface area contributed by atoms with Gasteiger partial charge in [0.15, 0.2) is 0 Å². The maximum atomic E-state index is 12.4. The molecular formula is C15H19BrN2OS. The van der Waals surface area contributed by atoms with Crippen LogP contribution in [-0.4, -0.2) is 11.4 Å². The number of nitrogens with two attached hydrogens (primary N) is 1. The number of anilines is 1. The topological polar surface area (TPSA) is 55.1 Å². The number of hydrogen-bond donors (Lipinski definition) is 2. The van der Waals surface area contributed by atoms with E-state index in [1.165, 1.54) is 11.3 Å². The fourth-order valence-corrected chi connectivity index (χ4v) is 3.67. The summed E-state index contributed by atoms with van der Waals surface area (Å²) in [7, 11) is 0. The van der Waals surface area contributed by atoms with Gasteiger partial charge < -0.3 is 11.1 Å². The monoisotopic (exact) mass is 354 g/mol. The molecule has 2 rings (SSSR count). The van der Waals surface area contributed by atoms with Gasteiger partial charge in [-0.3, -0.25) is 4.79 Å². The summed E-state index contributed by atoms with van der Waals surface area (Å²) in [6.07, 6.45) is 1.97. The van der Waals surface area contributed by atoms with Crippen LogP contribution in [-0.2, 0) is 0 Å². The molecule has 0 radical (unpaired) electrons. The predicted octanol–water partition coefficient (Wildman–Crippen LogP) is 4.55. The number of rotatable bonds is 4. The van der Waals surface area contributed by atoms with Crippen molar-refractivity contribution in [2.75, 3.05) is 5.73 Å². The Balaban J connectivity index is 2.33. The Morgan fingerprint density at radius 2 is 2.15 bits per heavy atom. The maximum absolute atomic E-state index is 12.4. The molecular weight excluding hydrogens is 336 g/mol. The van der Waals surface area contributed by atoms with Crippen LogP contribution >= 0.6 is 27.3 Å². The number of nitrogen functional groups attached to an aromatic ring is 1. The number of benzene rings is 1. The van der Waals surface area contributed by atoms with Crippen LogP contribution < -0.4 is 11.1 Å². The maximum Gasteiger partial charge on any atom is 0.263 e. The molecule has 1 aromatic carbocycles. The third kappa shape index (κ3) is 3.15. The molecule has 0 spiro atoms. The molecule has 0 aliphatic carbocycles. The Hall–Kier alpha value is -1.07. The summed E-state index contributed by atoms with van der Waals surface area (Å²) >= 11 is 4.87. The first-order chi connectivity index (χ1) is 9.34. The number of amides is 1. The van der Waals surface area contributed by atoms with Crippen molar-refractivity contribution in [2.24, 2.45) is 0 Å². The number of carbonyl (C=O) groups is 1. The van der Waals surface area contributed by atoms with Crippen molar-refractivity contribution in [2.45, 2.75) is 39.2 Å². The highest BCUT2D eigenvalue weighted by Gasteiger charge is 2.23. The highest BCUT2D eigenvalue weighted by Crippen LogP contribution is 2.35. The summed E-state index contributed by atoms with van der Waals surface area (Å²) in [6, 6.07) is 5.89. The third-order valence-corrected chi connectivity index (χ3v) is 4.90. The minimum absolute atomic E-state index is 0.0849. The second-order valence-corrected chi connectivity index (χ2v) is 7.54. The first kappa shape index (κ1) is 15.3. The first-order valence-electron chi connectivity index (χ1n) is 6.64. The second kappa shape index (κ2) is 5.74.